The standard InChI is InChI=1S/C15H19ClN4O2S/c1-8(2)22-12-10(16)6-9(7-17-12)11(21)18-14-20-19-13(23-14)15(3,4)5/h6-8H,1-5H3,(H,18,20,21). The first-order chi connectivity index (χ1) is 10.7. The van der Waals surface area contributed by atoms with Crippen molar-refractivity contribution < 1.29 is 9.53 Å². The predicted molar refractivity (Wildman–Crippen MR) is 91.6 cm³/mol. The van der Waals surface area contributed by atoms with Gasteiger partial charge in [0, 0.05) is 11.6 Å². The molecule has 8 heteroatoms. The normalized spacial score (nSPS) is 11.6. The summed E-state index contributed by atoms with van der Waals surface area (Å²) >= 11 is 7.44. The molecule has 0 saturated carbocycles. The summed E-state index contributed by atoms with van der Waals surface area (Å²) in [5.41, 5.74) is 0.222. The Kier molecular flexibility index (Phi) is 5.21. The Morgan fingerprint density at radius 3 is 2.57 bits per heavy atom. The lowest BCUT2D eigenvalue weighted by molar-refractivity contribution is 0.102. The van der Waals surface area contributed by atoms with Crippen molar-refractivity contribution in [1.29, 1.82) is 0 Å². The number of ether oxygens (including phenoxy) is 1. The highest BCUT2D eigenvalue weighted by molar-refractivity contribution is 7.15. The summed E-state index contributed by atoms with van der Waals surface area (Å²) in [4.78, 5) is 16.3. The fraction of sp³-hybridized carbons (Fsp3) is 0.467. The van der Waals surface area contributed by atoms with Gasteiger partial charge in [-0.1, -0.05) is 43.7 Å². The van der Waals surface area contributed by atoms with Gasteiger partial charge in [0.2, 0.25) is 11.0 Å². The minimum atomic E-state index is -0.341. The van der Waals surface area contributed by atoms with Crippen molar-refractivity contribution in [3.63, 3.8) is 0 Å². The van der Waals surface area contributed by atoms with E-state index in [1.54, 1.807) is 0 Å². The fourth-order valence-electron chi connectivity index (χ4n) is 1.61. The third-order valence-electron chi connectivity index (χ3n) is 2.70. The van der Waals surface area contributed by atoms with Crippen LogP contribution in [0.3, 0.4) is 0 Å². The number of rotatable bonds is 4. The van der Waals surface area contributed by atoms with Gasteiger partial charge in [-0.05, 0) is 19.9 Å². The third-order valence-corrected chi connectivity index (χ3v) is 4.24. The number of pyridine rings is 1. The van der Waals surface area contributed by atoms with Gasteiger partial charge in [-0.15, -0.1) is 10.2 Å². The van der Waals surface area contributed by atoms with Crippen LogP contribution in [-0.2, 0) is 5.41 Å². The van der Waals surface area contributed by atoms with Crippen molar-refractivity contribution in [2.75, 3.05) is 5.32 Å². The Morgan fingerprint density at radius 1 is 1.35 bits per heavy atom. The Morgan fingerprint density at radius 2 is 2.04 bits per heavy atom. The number of carbonyl (C=O) groups excluding carboxylic acids is 1. The molecule has 0 aliphatic carbocycles. The number of hydrogen-bond acceptors (Lipinski definition) is 6. The summed E-state index contributed by atoms with van der Waals surface area (Å²) < 4.78 is 5.44. The van der Waals surface area contributed by atoms with E-state index < -0.39 is 0 Å². The Balaban J connectivity index is 2.12. The van der Waals surface area contributed by atoms with E-state index in [0.717, 1.165) is 5.01 Å². The largest absolute Gasteiger partial charge is 0.474 e. The molecule has 0 radical (unpaired) electrons. The molecular formula is C15H19ClN4O2S. The van der Waals surface area contributed by atoms with Crippen LogP contribution in [0.15, 0.2) is 12.3 Å². The lowest BCUT2D eigenvalue weighted by atomic mass is 9.98. The van der Waals surface area contributed by atoms with Crippen LogP contribution in [0.25, 0.3) is 0 Å². The van der Waals surface area contributed by atoms with E-state index in [9.17, 15) is 4.79 Å². The van der Waals surface area contributed by atoms with Crippen LogP contribution in [0.4, 0.5) is 5.13 Å². The van der Waals surface area contributed by atoms with Gasteiger partial charge in [-0.25, -0.2) is 4.98 Å². The lowest BCUT2D eigenvalue weighted by Gasteiger charge is -2.12. The number of hydrogen-bond donors (Lipinski definition) is 1. The molecule has 2 aromatic heterocycles. The van der Waals surface area contributed by atoms with Crippen LogP contribution in [0, 0.1) is 0 Å². The molecule has 0 bridgehead atoms. The van der Waals surface area contributed by atoms with E-state index in [1.165, 1.54) is 23.6 Å². The van der Waals surface area contributed by atoms with Crippen molar-refractivity contribution in [3.05, 3.63) is 27.9 Å². The van der Waals surface area contributed by atoms with Gasteiger partial charge in [0.15, 0.2) is 0 Å². The highest BCUT2D eigenvalue weighted by Gasteiger charge is 2.20. The molecule has 1 N–H and O–H groups in total. The minimum Gasteiger partial charge on any atom is -0.474 e. The quantitative estimate of drug-likeness (QED) is 0.900. The van der Waals surface area contributed by atoms with Gasteiger partial charge in [-0.2, -0.15) is 0 Å². The second-order valence-corrected chi connectivity index (χ2v) is 7.68. The monoisotopic (exact) mass is 354 g/mol. The van der Waals surface area contributed by atoms with Crippen molar-refractivity contribution in [1.82, 2.24) is 15.2 Å². The van der Waals surface area contributed by atoms with Crippen molar-refractivity contribution >= 4 is 34.0 Å². The summed E-state index contributed by atoms with van der Waals surface area (Å²) in [6.45, 7) is 9.87. The van der Waals surface area contributed by atoms with Crippen LogP contribution < -0.4 is 10.1 Å². The molecule has 2 aromatic rings. The molecule has 0 fully saturated rings. The first kappa shape index (κ1) is 17.6. The lowest BCUT2D eigenvalue weighted by Crippen LogP contribution is -2.13. The smallest absolute Gasteiger partial charge is 0.259 e. The molecule has 23 heavy (non-hydrogen) atoms. The third kappa shape index (κ3) is 4.62. The zero-order valence-electron chi connectivity index (χ0n) is 13.7. The van der Waals surface area contributed by atoms with Crippen LogP contribution in [0.1, 0.15) is 50.0 Å². The summed E-state index contributed by atoms with van der Waals surface area (Å²) in [6, 6.07) is 1.52. The summed E-state index contributed by atoms with van der Waals surface area (Å²) in [5.74, 6) is -0.0312. The zero-order chi connectivity index (χ0) is 17.2. The number of aromatic nitrogens is 3. The molecule has 6 nitrogen and oxygen atoms in total. The molecule has 0 atom stereocenters. The van der Waals surface area contributed by atoms with Crippen LogP contribution >= 0.6 is 22.9 Å². The predicted octanol–water partition coefficient (Wildman–Crippen LogP) is 3.92. The van der Waals surface area contributed by atoms with E-state index in [-0.39, 0.29) is 17.4 Å². The number of anilines is 1. The maximum Gasteiger partial charge on any atom is 0.259 e. The molecule has 0 unspecified atom stereocenters. The van der Waals surface area contributed by atoms with Crippen LogP contribution in [0.5, 0.6) is 5.88 Å². The van der Waals surface area contributed by atoms with Crippen LogP contribution in [0.2, 0.25) is 5.02 Å². The van der Waals surface area contributed by atoms with E-state index in [0.29, 0.717) is 21.6 Å². The second kappa shape index (κ2) is 6.80. The first-order valence-electron chi connectivity index (χ1n) is 7.14. The van der Waals surface area contributed by atoms with Crippen LogP contribution in [-0.4, -0.2) is 27.2 Å². The summed E-state index contributed by atoms with van der Waals surface area (Å²) in [6.07, 6.45) is 1.38. The van der Waals surface area contributed by atoms with E-state index in [4.69, 9.17) is 16.3 Å². The molecule has 2 heterocycles. The van der Waals surface area contributed by atoms with Gasteiger partial charge < -0.3 is 4.74 Å². The molecule has 0 aliphatic rings. The Hall–Kier alpha value is -1.73. The van der Waals surface area contributed by atoms with Gasteiger partial charge >= 0.3 is 0 Å². The molecule has 1 amide bonds. The fourth-order valence-corrected chi connectivity index (χ4v) is 2.61. The Labute approximate surface area is 144 Å². The zero-order valence-corrected chi connectivity index (χ0v) is 15.2. The van der Waals surface area contributed by atoms with E-state index in [2.05, 4.69) is 20.5 Å². The highest BCUT2D eigenvalue weighted by atomic mass is 35.5. The average molecular weight is 355 g/mol. The molecular weight excluding hydrogens is 336 g/mol. The van der Waals surface area contributed by atoms with Gasteiger partial charge in [0.1, 0.15) is 10.0 Å². The number of carbonyl (C=O) groups is 1. The number of nitrogens with zero attached hydrogens (tertiary/aromatic N) is 3. The molecule has 0 aromatic carbocycles. The van der Waals surface area contributed by atoms with Crippen molar-refractivity contribution in [2.24, 2.45) is 0 Å². The van der Waals surface area contributed by atoms with Gasteiger partial charge in [0.25, 0.3) is 5.91 Å². The number of amides is 1. The molecule has 0 aliphatic heterocycles. The topological polar surface area (TPSA) is 77.0 Å². The molecule has 0 spiro atoms. The number of halogens is 1. The average Bonchev–Trinajstić information content (AvgIpc) is 2.89. The van der Waals surface area contributed by atoms with E-state index in [1.807, 2.05) is 34.6 Å². The molecule has 124 valence electrons. The Bertz CT molecular complexity index is 710. The summed E-state index contributed by atoms with van der Waals surface area (Å²) in [5, 5.41) is 12.4. The highest BCUT2D eigenvalue weighted by Crippen LogP contribution is 2.28. The van der Waals surface area contributed by atoms with Gasteiger partial charge in [0.05, 0.1) is 11.7 Å². The minimum absolute atomic E-state index is 0.0445. The van der Waals surface area contributed by atoms with E-state index >= 15 is 0 Å². The van der Waals surface area contributed by atoms with Crippen molar-refractivity contribution in [3.8, 4) is 5.88 Å². The SMILES string of the molecule is CC(C)Oc1ncc(C(=O)Nc2nnc(C(C)(C)C)s2)cc1Cl. The maximum atomic E-state index is 12.2. The molecule has 0 saturated heterocycles. The number of nitrogens with one attached hydrogen (secondary N) is 1. The second-order valence-electron chi connectivity index (χ2n) is 6.29. The summed E-state index contributed by atoms with van der Waals surface area (Å²) in [7, 11) is 0. The first-order valence-corrected chi connectivity index (χ1v) is 8.34. The van der Waals surface area contributed by atoms with Gasteiger partial charge in [-0.3, -0.25) is 10.1 Å². The molecule has 2 rings (SSSR count). The maximum absolute atomic E-state index is 12.2. The van der Waals surface area contributed by atoms with Crippen molar-refractivity contribution in [2.45, 2.75) is 46.1 Å².